The average molecular weight is 353 g/mol. The van der Waals surface area contributed by atoms with Gasteiger partial charge >= 0.3 is 12.1 Å². The lowest BCUT2D eigenvalue weighted by molar-refractivity contribution is -0.144. The molecule has 0 radical (unpaired) electrons. The summed E-state index contributed by atoms with van der Waals surface area (Å²) in [5.41, 5.74) is 0.0416. The molecule has 2 aromatic carbocycles. The minimum atomic E-state index is -1.57. The molecule has 0 fully saturated rings. The Morgan fingerprint density at radius 1 is 1.15 bits per heavy atom. The number of ether oxygens (including phenoxy) is 1. The number of carboxylic acids is 1. The normalized spacial score (nSPS) is 13.1. The summed E-state index contributed by atoms with van der Waals surface area (Å²) in [5, 5.41) is 17.2. The minimum absolute atomic E-state index is 0.0315. The highest BCUT2D eigenvalue weighted by Crippen LogP contribution is 2.17. The number of aromatic nitrogens is 2. The van der Waals surface area contributed by atoms with Gasteiger partial charge in [-0.25, -0.2) is 9.59 Å². The van der Waals surface area contributed by atoms with E-state index < -0.39 is 17.6 Å². The molecule has 1 atom stereocenters. The minimum Gasteiger partial charge on any atom is -0.479 e. The van der Waals surface area contributed by atoms with Crippen LogP contribution in [0.5, 0.6) is 0 Å². The maximum absolute atomic E-state index is 12.1. The van der Waals surface area contributed by atoms with Crippen LogP contribution in [0.2, 0.25) is 0 Å². The van der Waals surface area contributed by atoms with Crippen molar-refractivity contribution in [3.05, 3.63) is 66.4 Å². The maximum Gasteiger partial charge on any atom is 0.408 e. The Bertz CT molecular complexity index is 923. The van der Waals surface area contributed by atoms with Gasteiger partial charge in [0.1, 0.15) is 6.61 Å². The zero-order valence-electron chi connectivity index (χ0n) is 14.3. The van der Waals surface area contributed by atoms with E-state index in [9.17, 15) is 14.7 Å². The number of aliphatic carboxylic acids is 1. The van der Waals surface area contributed by atoms with Crippen LogP contribution in [0.15, 0.2) is 60.8 Å². The molecule has 2 N–H and O–H groups in total. The SMILES string of the molecule is CC(Cn1ncc2ccccc21)(NC(=O)OCc1ccccc1)C(=O)O. The van der Waals surface area contributed by atoms with Gasteiger partial charge in [0.05, 0.1) is 18.3 Å². The third-order valence-electron chi connectivity index (χ3n) is 4.08. The van der Waals surface area contributed by atoms with Crippen molar-refractivity contribution in [2.75, 3.05) is 0 Å². The number of carboxylic acid groups (broad SMARTS) is 1. The lowest BCUT2D eigenvalue weighted by Gasteiger charge is -2.26. The van der Waals surface area contributed by atoms with E-state index in [4.69, 9.17) is 4.74 Å². The molecule has 0 saturated heterocycles. The van der Waals surface area contributed by atoms with Crippen LogP contribution in [0.25, 0.3) is 10.9 Å². The fraction of sp³-hybridized carbons (Fsp3) is 0.211. The van der Waals surface area contributed by atoms with Crippen LogP contribution < -0.4 is 5.32 Å². The average Bonchev–Trinajstić information content (AvgIpc) is 3.03. The predicted molar refractivity (Wildman–Crippen MR) is 95.5 cm³/mol. The fourth-order valence-corrected chi connectivity index (χ4v) is 2.60. The number of hydrogen-bond acceptors (Lipinski definition) is 4. The molecule has 0 spiro atoms. The van der Waals surface area contributed by atoms with Crippen LogP contribution in [0, 0.1) is 0 Å². The van der Waals surface area contributed by atoms with E-state index in [1.54, 1.807) is 10.9 Å². The summed E-state index contributed by atoms with van der Waals surface area (Å²) < 4.78 is 6.69. The summed E-state index contributed by atoms with van der Waals surface area (Å²) in [7, 11) is 0. The van der Waals surface area contributed by atoms with Crippen molar-refractivity contribution < 1.29 is 19.4 Å². The highest BCUT2D eigenvalue weighted by atomic mass is 16.5. The van der Waals surface area contributed by atoms with Gasteiger partial charge in [-0.2, -0.15) is 5.10 Å². The number of carbonyl (C=O) groups is 2. The number of hydrogen-bond donors (Lipinski definition) is 2. The highest BCUT2D eigenvalue weighted by molar-refractivity contribution is 5.84. The van der Waals surface area contributed by atoms with Crippen molar-refractivity contribution in [2.24, 2.45) is 0 Å². The van der Waals surface area contributed by atoms with Crippen LogP contribution in [0.1, 0.15) is 12.5 Å². The molecule has 134 valence electrons. The molecule has 3 aromatic rings. The van der Waals surface area contributed by atoms with Crippen LogP contribution in [-0.2, 0) is 22.7 Å². The number of carbonyl (C=O) groups excluding carboxylic acids is 1. The van der Waals surface area contributed by atoms with Crippen molar-refractivity contribution in [1.29, 1.82) is 0 Å². The number of nitrogens with zero attached hydrogens (tertiary/aromatic N) is 2. The lowest BCUT2D eigenvalue weighted by atomic mass is 10.0. The topological polar surface area (TPSA) is 93.5 Å². The second-order valence-electron chi connectivity index (χ2n) is 6.19. The number of alkyl carbamates (subject to hydrolysis) is 1. The van der Waals surface area contributed by atoms with E-state index in [0.717, 1.165) is 16.5 Å². The van der Waals surface area contributed by atoms with Gasteiger partial charge in [-0.3, -0.25) is 4.68 Å². The van der Waals surface area contributed by atoms with Gasteiger partial charge in [-0.15, -0.1) is 0 Å². The summed E-state index contributed by atoms with van der Waals surface area (Å²) >= 11 is 0. The third-order valence-corrected chi connectivity index (χ3v) is 4.08. The number of nitrogens with one attached hydrogen (secondary N) is 1. The van der Waals surface area contributed by atoms with E-state index in [-0.39, 0.29) is 13.2 Å². The van der Waals surface area contributed by atoms with E-state index in [0.29, 0.717) is 0 Å². The van der Waals surface area contributed by atoms with Crippen molar-refractivity contribution in [3.63, 3.8) is 0 Å². The quantitative estimate of drug-likeness (QED) is 0.711. The molecule has 0 bridgehead atoms. The molecule has 3 rings (SSSR count). The molecular weight excluding hydrogens is 334 g/mol. The standard InChI is InChI=1S/C19H19N3O4/c1-19(17(23)24,13-22-16-10-6-5-9-15(16)11-20-22)21-18(25)26-12-14-7-3-2-4-8-14/h2-11H,12-13H2,1H3,(H,21,25)(H,23,24). The van der Waals surface area contributed by atoms with Crippen LogP contribution >= 0.6 is 0 Å². The first-order valence-electron chi connectivity index (χ1n) is 8.11. The second kappa shape index (κ2) is 7.26. The summed E-state index contributed by atoms with van der Waals surface area (Å²) in [5.74, 6) is -1.17. The first kappa shape index (κ1) is 17.5. The Balaban J connectivity index is 1.71. The first-order valence-corrected chi connectivity index (χ1v) is 8.11. The molecule has 1 aromatic heterocycles. The third kappa shape index (κ3) is 3.83. The van der Waals surface area contributed by atoms with E-state index in [2.05, 4.69) is 10.4 Å². The molecule has 1 unspecified atom stereocenters. The second-order valence-corrected chi connectivity index (χ2v) is 6.19. The van der Waals surface area contributed by atoms with Crippen molar-refractivity contribution >= 4 is 23.0 Å². The Hall–Kier alpha value is -3.35. The summed E-state index contributed by atoms with van der Waals surface area (Å²) in [6, 6.07) is 16.6. The van der Waals surface area contributed by atoms with Gasteiger partial charge in [-0.1, -0.05) is 48.5 Å². The molecule has 0 aliphatic heterocycles. The Morgan fingerprint density at radius 2 is 1.85 bits per heavy atom. The Labute approximate surface area is 150 Å². The highest BCUT2D eigenvalue weighted by Gasteiger charge is 2.36. The summed E-state index contributed by atoms with van der Waals surface area (Å²) in [4.78, 5) is 23.9. The van der Waals surface area contributed by atoms with E-state index in [1.165, 1.54) is 6.92 Å². The number of amides is 1. The van der Waals surface area contributed by atoms with Gasteiger partial charge in [0.25, 0.3) is 0 Å². The number of para-hydroxylation sites is 1. The van der Waals surface area contributed by atoms with Gasteiger partial charge in [0.2, 0.25) is 0 Å². The van der Waals surface area contributed by atoms with Gasteiger partial charge < -0.3 is 15.2 Å². The van der Waals surface area contributed by atoms with Crippen LogP contribution in [0.4, 0.5) is 4.79 Å². The molecule has 7 nitrogen and oxygen atoms in total. The van der Waals surface area contributed by atoms with Crippen molar-refractivity contribution in [3.8, 4) is 0 Å². The Morgan fingerprint density at radius 3 is 2.58 bits per heavy atom. The molecule has 0 aliphatic rings. The fourth-order valence-electron chi connectivity index (χ4n) is 2.60. The van der Waals surface area contributed by atoms with Crippen molar-refractivity contribution in [2.45, 2.75) is 25.6 Å². The zero-order valence-corrected chi connectivity index (χ0v) is 14.3. The van der Waals surface area contributed by atoms with E-state index >= 15 is 0 Å². The predicted octanol–water partition coefficient (Wildman–Crippen LogP) is 2.81. The molecule has 7 heteroatoms. The molecule has 26 heavy (non-hydrogen) atoms. The lowest BCUT2D eigenvalue weighted by Crippen LogP contribution is -2.55. The number of fused-ring (bicyclic) bond motifs is 1. The van der Waals surface area contributed by atoms with Crippen LogP contribution in [-0.4, -0.2) is 32.5 Å². The Kier molecular flexibility index (Phi) is 4.88. The molecule has 1 amide bonds. The van der Waals surface area contributed by atoms with Crippen LogP contribution in [0.3, 0.4) is 0 Å². The molecular formula is C19H19N3O4. The van der Waals surface area contributed by atoms with Gasteiger partial charge in [0.15, 0.2) is 5.54 Å². The number of rotatable bonds is 6. The summed E-state index contributed by atoms with van der Waals surface area (Å²) in [6.07, 6.45) is 0.862. The van der Waals surface area contributed by atoms with Crippen molar-refractivity contribution in [1.82, 2.24) is 15.1 Å². The number of benzene rings is 2. The summed E-state index contributed by atoms with van der Waals surface area (Å²) in [6.45, 7) is 1.46. The van der Waals surface area contributed by atoms with Gasteiger partial charge in [0, 0.05) is 5.39 Å². The monoisotopic (exact) mass is 353 g/mol. The van der Waals surface area contributed by atoms with Gasteiger partial charge in [-0.05, 0) is 18.6 Å². The first-order chi connectivity index (χ1) is 12.5. The molecule has 0 aliphatic carbocycles. The smallest absolute Gasteiger partial charge is 0.408 e. The maximum atomic E-state index is 12.1. The largest absolute Gasteiger partial charge is 0.479 e. The van der Waals surface area contributed by atoms with E-state index in [1.807, 2.05) is 54.6 Å². The molecule has 0 saturated carbocycles. The molecule has 1 heterocycles. The zero-order chi connectivity index (χ0) is 18.6.